The minimum atomic E-state index is -0.951. The normalized spacial score (nSPS) is 14.3. The highest BCUT2D eigenvalue weighted by Crippen LogP contribution is 2.34. The van der Waals surface area contributed by atoms with E-state index in [1.54, 1.807) is 32.0 Å². The van der Waals surface area contributed by atoms with E-state index in [-0.39, 0.29) is 5.41 Å². The van der Waals surface area contributed by atoms with Gasteiger partial charge in [0.25, 0.3) is 0 Å². The molecule has 18 heavy (non-hydrogen) atoms. The van der Waals surface area contributed by atoms with Gasteiger partial charge in [0.15, 0.2) is 0 Å². The fourth-order valence-electron chi connectivity index (χ4n) is 1.72. The molecule has 1 rings (SSSR count). The molecule has 1 unspecified atom stereocenters. The largest absolute Gasteiger partial charge is 0.481 e. The molecule has 1 aromatic rings. The van der Waals surface area contributed by atoms with E-state index in [4.69, 9.17) is 0 Å². The van der Waals surface area contributed by atoms with Crippen molar-refractivity contribution >= 4 is 5.97 Å². The number of carbonyl (C=O) groups is 1. The molecule has 0 saturated heterocycles. The smallest absolute Gasteiger partial charge is 0.313 e. The van der Waals surface area contributed by atoms with Gasteiger partial charge in [-0.3, -0.25) is 4.79 Å². The predicted octanol–water partition coefficient (Wildman–Crippen LogP) is 3.13. The van der Waals surface area contributed by atoms with Crippen LogP contribution in [0.3, 0.4) is 0 Å². The van der Waals surface area contributed by atoms with Gasteiger partial charge in [0, 0.05) is 0 Å². The highest BCUT2D eigenvalue weighted by atomic mass is 16.4. The molecular formula is C15H22O3. The lowest BCUT2D eigenvalue weighted by Crippen LogP contribution is -2.29. The van der Waals surface area contributed by atoms with Crippen LogP contribution in [0.2, 0.25) is 0 Å². The van der Waals surface area contributed by atoms with Gasteiger partial charge in [0.2, 0.25) is 0 Å². The number of aliphatic hydroxyl groups is 1. The summed E-state index contributed by atoms with van der Waals surface area (Å²) in [6, 6.07) is 7.19. The summed E-state index contributed by atoms with van der Waals surface area (Å²) < 4.78 is 0. The minimum absolute atomic E-state index is 0.272. The van der Waals surface area contributed by atoms with E-state index in [1.807, 2.05) is 26.8 Å². The van der Waals surface area contributed by atoms with Crippen molar-refractivity contribution in [3.63, 3.8) is 0 Å². The van der Waals surface area contributed by atoms with Gasteiger partial charge < -0.3 is 10.2 Å². The monoisotopic (exact) mass is 250 g/mol. The Balaban J connectivity index is 3.19. The second-order valence-corrected chi connectivity index (χ2v) is 6.32. The fraction of sp³-hybridized carbons (Fsp3) is 0.533. The van der Waals surface area contributed by atoms with E-state index < -0.39 is 17.5 Å². The maximum Gasteiger partial charge on any atom is 0.313 e. The summed E-state index contributed by atoms with van der Waals surface area (Å²) in [4.78, 5) is 11.2. The van der Waals surface area contributed by atoms with E-state index in [0.717, 1.165) is 5.56 Å². The zero-order valence-electron chi connectivity index (χ0n) is 11.7. The van der Waals surface area contributed by atoms with Crippen molar-refractivity contribution in [2.24, 2.45) is 5.41 Å². The number of carboxylic acid groups (broad SMARTS) is 1. The van der Waals surface area contributed by atoms with Gasteiger partial charge in [-0.05, 0) is 30.4 Å². The van der Waals surface area contributed by atoms with Gasteiger partial charge in [-0.2, -0.15) is 0 Å². The molecule has 1 atom stereocenters. The van der Waals surface area contributed by atoms with Gasteiger partial charge >= 0.3 is 5.97 Å². The van der Waals surface area contributed by atoms with Gasteiger partial charge in [-0.15, -0.1) is 0 Å². The summed E-state index contributed by atoms with van der Waals surface area (Å²) in [5.74, 6) is -0.870. The van der Waals surface area contributed by atoms with E-state index in [9.17, 15) is 15.0 Å². The van der Waals surface area contributed by atoms with Crippen LogP contribution in [0.15, 0.2) is 24.3 Å². The Morgan fingerprint density at radius 2 is 1.72 bits per heavy atom. The number of hydrogen-bond acceptors (Lipinski definition) is 2. The lowest BCUT2D eigenvalue weighted by molar-refractivity contribution is -0.142. The summed E-state index contributed by atoms with van der Waals surface area (Å²) in [5, 5.41) is 19.5. The average molecular weight is 250 g/mol. The Labute approximate surface area is 108 Å². The van der Waals surface area contributed by atoms with Crippen LogP contribution >= 0.6 is 0 Å². The van der Waals surface area contributed by atoms with Gasteiger partial charge in [0.1, 0.15) is 0 Å². The SMILES string of the molecule is CC(C)(C(=O)O)c1cccc(C(O)C(C)(C)C)c1. The zero-order valence-corrected chi connectivity index (χ0v) is 11.7. The molecule has 0 heterocycles. The maximum absolute atomic E-state index is 11.2. The Bertz CT molecular complexity index is 441. The van der Waals surface area contributed by atoms with E-state index in [0.29, 0.717) is 5.56 Å². The molecule has 0 saturated carbocycles. The van der Waals surface area contributed by atoms with Gasteiger partial charge in [-0.25, -0.2) is 0 Å². The van der Waals surface area contributed by atoms with Crippen molar-refractivity contribution in [3.05, 3.63) is 35.4 Å². The first-order valence-electron chi connectivity index (χ1n) is 6.08. The topological polar surface area (TPSA) is 57.5 Å². The van der Waals surface area contributed by atoms with E-state index in [2.05, 4.69) is 0 Å². The number of rotatable bonds is 3. The van der Waals surface area contributed by atoms with Crippen LogP contribution in [-0.2, 0) is 10.2 Å². The third-order valence-electron chi connectivity index (χ3n) is 3.28. The van der Waals surface area contributed by atoms with E-state index >= 15 is 0 Å². The minimum Gasteiger partial charge on any atom is -0.481 e. The Kier molecular flexibility index (Phi) is 3.86. The van der Waals surface area contributed by atoms with E-state index in [1.165, 1.54) is 0 Å². The molecule has 0 aliphatic rings. The molecule has 0 aliphatic heterocycles. The number of aliphatic carboxylic acids is 1. The summed E-state index contributed by atoms with van der Waals surface area (Å²) in [6.45, 7) is 9.18. The molecule has 0 aliphatic carbocycles. The van der Waals surface area contributed by atoms with Crippen molar-refractivity contribution in [2.75, 3.05) is 0 Å². The molecule has 0 amide bonds. The van der Waals surface area contributed by atoms with Crippen LogP contribution < -0.4 is 0 Å². The average Bonchev–Trinajstić information content (AvgIpc) is 2.26. The van der Waals surface area contributed by atoms with Crippen molar-refractivity contribution in [2.45, 2.75) is 46.1 Å². The molecular weight excluding hydrogens is 228 g/mol. The summed E-state index contributed by atoms with van der Waals surface area (Å²) in [6.07, 6.45) is -0.609. The molecule has 0 fully saturated rings. The third-order valence-corrected chi connectivity index (χ3v) is 3.28. The quantitative estimate of drug-likeness (QED) is 0.866. The zero-order chi connectivity index (χ0) is 14.1. The van der Waals surface area contributed by atoms with Crippen LogP contribution in [0.1, 0.15) is 51.8 Å². The Morgan fingerprint density at radius 3 is 2.17 bits per heavy atom. The van der Waals surface area contributed by atoms with Crippen LogP contribution in [0.5, 0.6) is 0 Å². The third kappa shape index (κ3) is 2.91. The standard InChI is InChI=1S/C15H22O3/c1-14(2,3)12(16)10-7-6-8-11(9-10)15(4,5)13(17)18/h6-9,12,16H,1-5H3,(H,17,18). The second kappa shape index (κ2) is 4.73. The number of carboxylic acids is 1. The summed E-state index contributed by atoms with van der Waals surface area (Å²) >= 11 is 0. The molecule has 0 spiro atoms. The summed E-state index contributed by atoms with van der Waals surface area (Å²) in [7, 11) is 0. The maximum atomic E-state index is 11.2. The molecule has 100 valence electrons. The first kappa shape index (κ1) is 14.7. The Hall–Kier alpha value is -1.35. The lowest BCUT2D eigenvalue weighted by Gasteiger charge is -2.28. The van der Waals surface area contributed by atoms with Crippen molar-refractivity contribution in [3.8, 4) is 0 Å². The highest BCUT2D eigenvalue weighted by Gasteiger charge is 2.31. The molecule has 3 nitrogen and oxygen atoms in total. The number of hydrogen-bond donors (Lipinski definition) is 2. The van der Waals surface area contributed by atoms with Gasteiger partial charge in [0.05, 0.1) is 11.5 Å². The number of aliphatic hydroxyl groups excluding tert-OH is 1. The van der Waals surface area contributed by atoms with Crippen molar-refractivity contribution in [1.82, 2.24) is 0 Å². The lowest BCUT2D eigenvalue weighted by atomic mass is 9.80. The molecule has 0 bridgehead atoms. The molecule has 0 aromatic heterocycles. The van der Waals surface area contributed by atoms with Gasteiger partial charge in [-0.1, -0.05) is 45.0 Å². The van der Waals surface area contributed by atoms with Crippen molar-refractivity contribution in [1.29, 1.82) is 0 Å². The van der Waals surface area contributed by atoms with Crippen molar-refractivity contribution < 1.29 is 15.0 Å². The fourth-order valence-corrected chi connectivity index (χ4v) is 1.72. The first-order valence-corrected chi connectivity index (χ1v) is 6.08. The molecule has 0 radical (unpaired) electrons. The predicted molar refractivity (Wildman–Crippen MR) is 71.5 cm³/mol. The highest BCUT2D eigenvalue weighted by molar-refractivity contribution is 5.80. The molecule has 2 N–H and O–H groups in total. The van der Waals surface area contributed by atoms with Crippen LogP contribution in [-0.4, -0.2) is 16.2 Å². The second-order valence-electron chi connectivity index (χ2n) is 6.32. The van der Waals surface area contributed by atoms with Crippen LogP contribution in [0.25, 0.3) is 0 Å². The first-order chi connectivity index (χ1) is 8.06. The summed E-state index contributed by atoms with van der Waals surface area (Å²) in [5.41, 5.74) is 0.240. The van der Waals surface area contributed by atoms with Crippen LogP contribution in [0.4, 0.5) is 0 Å². The van der Waals surface area contributed by atoms with Crippen LogP contribution in [0, 0.1) is 5.41 Å². The molecule has 3 heteroatoms. The Morgan fingerprint density at radius 1 is 1.17 bits per heavy atom. The molecule has 1 aromatic carbocycles. The number of benzene rings is 1.